The number of nitrogens with zero attached hydrogens (tertiary/aromatic N) is 2. The highest BCUT2D eigenvalue weighted by atomic mass is 16.5. The summed E-state index contributed by atoms with van der Waals surface area (Å²) < 4.78 is 12.3. The van der Waals surface area contributed by atoms with Crippen molar-refractivity contribution in [2.24, 2.45) is 0 Å². The number of unbranched alkanes of at least 4 members (excludes halogenated alkanes) is 1. The molecule has 0 aliphatic carbocycles. The largest absolute Gasteiger partial charge is 0.497 e. The first-order valence-electron chi connectivity index (χ1n) is 7.20. The highest BCUT2D eigenvalue weighted by Gasteiger charge is 2.09. The summed E-state index contributed by atoms with van der Waals surface area (Å²) in [6.45, 7) is 1.54. The second kappa shape index (κ2) is 8.07. The van der Waals surface area contributed by atoms with E-state index in [0.717, 1.165) is 19.4 Å². The van der Waals surface area contributed by atoms with E-state index in [1.54, 1.807) is 44.9 Å². The molecule has 6 nitrogen and oxygen atoms in total. The van der Waals surface area contributed by atoms with Gasteiger partial charge in [-0.1, -0.05) is 0 Å². The topological polar surface area (TPSA) is 65.4 Å². The fourth-order valence-electron chi connectivity index (χ4n) is 2.08. The quantitative estimate of drug-likeness (QED) is 0.759. The van der Waals surface area contributed by atoms with Crippen LogP contribution in [-0.2, 0) is 6.54 Å². The van der Waals surface area contributed by atoms with Gasteiger partial charge in [0, 0.05) is 37.1 Å². The number of ether oxygens (including phenoxy) is 2. The number of aryl methyl sites for hydroxylation is 1. The Bertz CT molecular complexity index is 574. The molecule has 1 N–H and O–H groups in total. The highest BCUT2D eigenvalue weighted by Crippen LogP contribution is 2.22. The number of amides is 1. The second-order valence-corrected chi connectivity index (χ2v) is 4.86. The van der Waals surface area contributed by atoms with E-state index in [1.165, 1.54) is 0 Å². The number of imidazole rings is 1. The van der Waals surface area contributed by atoms with E-state index >= 15 is 0 Å². The third-order valence-corrected chi connectivity index (χ3v) is 3.30. The fraction of sp³-hybridized carbons (Fsp3) is 0.375. The molecule has 0 aliphatic rings. The van der Waals surface area contributed by atoms with E-state index in [1.807, 2.05) is 10.8 Å². The van der Waals surface area contributed by atoms with Crippen molar-refractivity contribution < 1.29 is 14.3 Å². The van der Waals surface area contributed by atoms with Crippen molar-refractivity contribution in [2.45, 2.75) is 19.4 Å². The Morgan fingerprint density at radius 3 is 2.50 bits per heavy atom. The molecule has 0 unspecified atom stereocenters. The zero-order valence-electron chi connectivity index (χ0n) is 12.9. The molecule has 6 heteroatoms. The van der Waals surface area contributed by atoms with E-state index in [0.29, 0.717) is 23.6 Å². The van der Waals surface area contributed by atoms with Gasteiger partial charge in [0.15, 0.2) is 0 Å². The Morgan fingerprint density at radius 2 is 1.91 bits per heavy atom. The number of carbonyl (C=O) groups is 1. The third kappa shape index (κ3) is 4.51. The maximum absolute atomic E-state index is 12.1. The summed E-state index contributed by atoms with van der Waals surface area (Å²) in [7, 11) is 3.12. The highest BCUT2D eigenvalue weighted by molar-refractivity contribution is 5.95. The minimum atomic E-state index is -0.125. The standard InChI is InChI=1S/C16H21N3O3/c1-21-14-9-13(10-15(11-14)22-2)16(20)18-5-3-4-7-19-8-6-17-12-19/h6,8-12H,3-5,7H2,1-2H3,(H,18,20). The van der Waals surface area contributed by atoms with Gasteiger partial charge < -0.3 is 19.4 Å². The van der Waals surface area contributed by atoms with Gasteiger partial charge in [-0.25, -0.2) is 4.98 Å². The summed E-state index contributed by atoms with van der Waals surface area (Å²) in [5.41, 5.74) is 0.533. The van der Waals surface area contributed by atoms with Crippen molar-refractivity contribution in [1.29, 1.82) is 0 Å². The Hall–Kier alpha value is -2.50. The summed E-state index contributed by atoms with van der Waals surface area (Å²) in [5.74, 6) is 1.08. The van der Waals surface area contributed by atoms with Gasteiger partial charge in [0.05, 0.1) is 20.5 Å². The van der Waals surface area contributed by atoms with Crippen LogP contribution in [-0.4, -0.2) is 36.2 Å². The molecule has 0 radical (unpaired) electrons. The minimum absolute atomic E-state index is 0.125. The SMILES string of the molecule is COc1cc(OC)cc(C(=O)NCCCCn2ccnc2)c1. The molecule has 0 fully saturated rings. The summed E-state index contributed by atoms with van der Waals surface area (Å²) >= 11 is 0. The van der Waals surface area contributed by atoms with Gasteiger partial charge in [-0.2, -0.15) is 0 Å². The number of methoxy groups -OCH3 is 2. The summed E-state index contributed by atoms with van der Waals surface area (Å²) in [4.78, 5) is 16.1. The third-order valence-electron chi connectivity index (χ3n) is 3.30. The first-order valence-corrected chi connectivity index (χ1v) is 7.20. The lowest BCUT2D eigenvalue weighted by atomic mass is 10.2. The Kier molecular flexibility index (Phi) is 5.82. The first kappa shape index (κ1) is 15.9. The zero-order chi connectivity index (χ0) is 15.8. The maximum atomic E-state index is 12.1. The summed E-state index contributed by atoms with van der Waals surface area (Å²) in [6.07, 6.45) is 7.38. The summed E-state index contributed by atoms with van der Waals surface area (Å²) in [6, 6.07) is 5.13. The van der Waals surface area contributed by atoms with Gasteiger partial charge in [-0.05, 0) is 25.0 Å². The van der Waals surface area contributed by atoms with Gasteiger partial charge in [-0.15, -0.1) is 0 Å². The molecule has 1 aromatic carbocycles. The number of benzene rings is 1. The van der Waals surface area contributed by atoms with Crippen molar-refractivity contribution in [3.63, 3.8) is 0 Å². The van der Waals surface area contributed by atoms with E-state index < -0.39 is 0 Å². The van der Waals surface area contributed by atoms with Crippen LogP contribution in [0.3, 0.4) is 0 Å². The van der Waals surface area contributed by atoms with Crippen molar-refractivity contribution in [3.05, 3.63) is 42.5 Å². The molecule has 0 saturated heterocycles. The van der Waals surface area contributed by atoms with Crippen LogP contribution in [0.5, 0.6) is 11.5 Å². The summed E-state index contributed by atoms with van der Waals surface area (Å²) in [5, 5.41) is 2.91. The molecule has 0 aliphatic heterocycles. The monoisotopic (exact) mass is 303 g/mol. The van der Waals surface area contributed by atoms with Crippen molar-refractivity contribution in [3.8, 4) is 11.5 Å². The number of aromatic nitrogens is 2. The van der Waals surface area contributed by atoms with Crippen LogP contribution in [0, 0.1) is 0 Å². The first-order chi connectivity index (χ1) is 10.7. The normalized spacial score (nSPS) is 10.3. The van der Waals surface area contributed by atoms with Crippen LogP contribution < -0.4 is 14.8 Å². The number of hydrogen-bond acceptors (Lipinski definition) is 4. The van der Waals surface area contributed by atoms with Gasteiger partial charge in [0.1, 0.15) is 11.5 Å². The van der Waals surface area contributed by atoms with Crippen LogP contribution in [0.2, 0.25) is 0 Å². The van der Waals surface area contributed by atoms with E-state index in [2.05, 4.69) is 10.3 Å². The van der Waals surface area contributed by atoms with Crippen LogP contribution in [0.25, 0.3) is 0 Å². The Morgan fingerprint density at radius 1 is 1.18 bits per heavy atom. The molecule has 1 aromatic heterocycles. The molecule has 2 aromatic rings. The lowest BCUT2D eigenvalue weighted by Crippen LogP contribution is -2.24. The van der Waals surface area contributed by atoms with Crippen LogP contribution >= 0.6 is 0 Å². The van der Waals surface area contributed by atoms with E-state index in [-0.39, 0.29) is 5.91 Å². The van der Waals surface area contributed by atoms with Crippen LogP contribution in [0.4, 0.5) is 0 Å². The minimum Gasteiger partial charge on any atom is -0.497 e. The molecular formula is C16H21N3O3. The number of hydrogen-bond donors (Lipinski definition) is 1. The molecule has 0 atom stereocenters. The van der Waals surface area contributed by atoms with Crippen LogP contribution in [0.1, 0.15) is 23.2 Å². The maximum Gasteiger partial charge on any atom is 0.251 e. The molecule has 118 valence electrons. The molecule has 0 saturated carbocycles. The average Bonchev–Trinajstić information content (AvgIpc) is 3.07. The van der Waals surface area contributed by atoms with E-state index in [4.69, 9.17) is 9.47 Å². The van der Waals surface area contributed by atoms with Crippen molar-refractivity contribution in [1.82, 2.24) is 14.9 Å². The smallest absolute Gasteiger partial charge is 0.251 e. The van der Waals surface area contributed by atoms with Crippen molar-refractivity contribution in [2.75, 3.05) is 20.8 Å². The number of rotatable bonds is 8. The van der Waals surface area contributed by atoms with Gasteiger partial charge in [-0.3, -0.25) is 4.79 Å². The molecular weight excluding hydrogens is 282 g/mol. The number of carbonyl (C=O) groups excluding carboxylic acids is 1. The average molecular weight is 303 g/mol. The predicted molar refractivity (Wildman–Crippen MR) is 83.3 cm³/mol. The molecule has 1 amide bonds. The van der Waals surface area contributed by atoms with E-state index in [9.17, 15) is 4.79 Å². The van der Waals surface area contributed by atoms with Crippen LogP contribution in [0.15, 0.2) is 36.9 Å². The molecule has 2 rings (SSSR count). The lowest BCUT2D eigenvalue weighted by Gasteiger charge is -2.09. The molecule has 0 spiro atoms. The zero-order valence-corrected chi connectivity index (χ0v) is 12.9. The number of nitrogens with one attached hydrogen (secondary N) is 1. The fourth-order valence-corrected chi connectivity index (χ4v) is 2.08. The van der Waals surface area contributed by atoms with Gasteiger partial charge in [0.2, 0.25) is 0 Å². The predicted octanol–water partition coefficient (Wildman–Crippen LogP) is 2.11. The van der Waals surface area contributed by atoms with Gasteiger partial charge in [0.25, 0.3) is 5.91 Å². The Labute approximate surface area is 130 Å². The Balaban J connectivity index is 1.79. The lowest BCUT2D eigenvalue weighted by molar-refractivity contribution is 0.0952. The second-order valence-electron chi connectivity index (χ2n) is 4.86. The molecule has 0 bridgehead atoms. The molecule has 22 heavy (non-hydrogen) atoms. The van der Waals surface area contributed by atoms with Crippen molar-refractivity contribution >= 4 is 5.91 Å². The molecule has 1 heterocycles. The van der Waals surface area contributed by atoms with Gasteiger partial charge >= 0.3 is 0 Å².